The maximum atomic E-state index is 5.57. The van der Waals surface area contributed by atoms with E-state index < -0.39 is 0 Å². The molecule has 1 saturated heterocycles. The molecule has 1 aliphatic rings. The molecule has 1 heterocycles. The van der Waals surface area contributed by atoms with Crippen LogP contribution in [-0.4, -0.2) is 44.7 Å². The van der Waals surface area contributed by atoms with E-state index in [1.807, 2.05) is 13.8 Å². The molecule has 13 heavy (non-hydrogen) atoms. The van der Waals surface area contributed by atoms with Crippen molar-refractivity contribution in [2.45, 2.75) is 38.2 Å². The lowest BCUT2D eigenvalue weighted by Gasteiger charge is -2.39. The van der Waals surface area contributed by atoms with E-state index in [2.05, 4.69) is 0 Å². The Bertz CT molecular complexity index is 150. The smallest absolute Gasteiger partial charge is 0.112 e. The lowest BCUT2D eigenvalue weighted by atomic mass is 10.1. The monoisotopic (exact) mass is 189 g/mol. The van der Waals surface area contributed by atoms with Crippen LogP contribution >= 0.6 is 0 Å². The van der Waals surface area contributed by atoms with Gasteiger partial charge in [-0.3, -0.25) is 0 Å². The highest BCUT2D eigenvalue weighted by Gasteiger charge is 2.37. The van der Waals surface area contributed by atoms with Crippen molar-refractivity contribution in [1.29, 1.82) is 0 Å². The summed E-state index contributed by atoms with van der Waals surface area (Å²) >= 11 is 0. The first-order valence-electron chi connectivity index (χ1n) is 4.66. The van der Waals surface area contributed by atoms with Crippen LogP contribution in [0.5, 0.6) is 0 Å². The fraction of sp³-hybridized carbons (Fsp3) is 1.00. The molecule has 0 amide bonds. The van der Waals surface area contributed by atoms with E-state index in [1.54, 1.807) is 7.11 Å². The van der Waals surface area contributed by atoms with Crippen molar-refractivity contribution >= 4 is 0 Å². The lowest BCUT2D eigenvalue weighted by molar-refractivity contribution is -0.218. The van der Waals surface area contributed by atoms with Crippen LogP contribution in [0.25, 0.3) is 0 Å². The third-order valence-electron chi connectivity index (χ3n) is 2.21. The Kier molecular flexibility index (Phi) is 4.12. The van der Waals surface area contributed by atoms with E-state index in [4.69, 9.17) is 19.9 Å². The molecule has 0 saturated carbocycles. The largest absolute Gasteiger partial charge is 0.376 e. The summed E-state index contributed by atoms with van der Waals surface area (Å²) in [6.45, 7) is 5.14. The first-order chi connectivity index (χ1) is 6.15. The van der Waals surface area contributed by atoms with Crippen LogP contribution in [0.4, 0.5) is 0 Å². The molecule has 0 aromatic carbocycles. The molecule has 0 spiro atoms. The highest BCUT2D eigenvalue weighted by Crippen LogP contribution is 2.20. The van der Waals surface area contributed by atoms with E-state index in [0.29, 0.717) is 13.2 Å². The third-order valence-corrected chi connectivity index (χ3v) is 2.21. The Morgan fingerprint density at radius 1 is 1.54 bits per heavy atom. The van der Waals surface area contributed by atoms with E-state index in [0.717, 1.165) is 0 Å². The first kappa shape index (κ1) is 10.9. The summed E-state index contributed by atoms with van der Waals surface area (Å²) in [5.41, 5.74) is 5.57. The summed E-state index contributed by atoms with van der Waals surface area (Å²) in [5, 5.41) is 0. The van der Waals surface area contributed by atoms with Crippen molar-refractivity contribution in [3.05, 3.63) is 0 Å². The standard InChI is InChI=1S/C9H19NO3/c1-6(10)4-12-7(2)9-8(11-3)5-13-9/h6-9H,4-5,10H2,1-3H3. The summed E-state index contributed by atoms with van der Waals surface area (Å²) in [6, 6.07) is 0.0727. The van der Waals surface area contributed by atoms with Gasteiger partial charge in [0, 0.05) is 13.2 Å². The van der Waals surface area contributed by atoms with Gasteiger partial charge in [0.2, 0.25) is 0 Å². The van der Waals surface area contributed by atoms with E-state index >= 15 is 0 Å². The summed E-state index contributed by atoms with van der Waals surface area (Å²) in [7, 11) is 1.69. The fourth-order valence-electron chi connectivity index (χ4n) is 1.32. The molecule has 0 bridgehead atoms. The highest BCUT2D eigenvalue weighted by molar-refractivity contribution is 4.84. The van der Waals surface area contributed by atoms with Crippen molar-refractivity contribution in [1.82, 2.24) is 0 Å². The number of nitrogens with two attached hydrogens (primary N) is 1. The Hall–Kier alpha value is -0.160. The first-order valence-corrected chi connectivity index (χ1v) is 4.66. The molecule has 4 heteroatoms. The normalized spacial score (nSPS) is 32.3. The minimum Gasteiger partial charge on any atom is -0.376 e. The minimum absolute atomic E-state index is 0.0599. The predicted octanol–water partition coefficient (Wildman–Crippen LogP) is 0.153. The molecule has 4 unspecified atom stereocenters. The maximum absolute atomic E-state index is 5.57. The van der Waals surface area contributed by atoms with Crippen LogP contribution in [0.15, 0.2) is 0 Å². The van der Waals surface area contributed by atoms with Gasteiger partial charge >= 0.3 is 0 Å². The van der Waals surface area contributed by atoms with Gasteiger partial charge in [0.1, 0.15) is 12.2 Å². The molecular formula is C9H19NO3. The summed E-state index contributed by atoms with van der Waals surface area (Å²) in [4.78, 5) is 0. The quantitative estimate of drug-likeness (QED) is 0.669. The molecular weight excluding hydrogens is 170 g/mol. The molecule has 4 atom stereocenters. The Morgan fingerprint density at radius 2 is 2.23 bits per heavy atom. The van der Waals surface area contributed by atoms with E-state index in [1.165, 1.54) is 0 Å². The Morgan fingerprint density at radius 3 is 2.62 bits per heavy atom. The van der Waals surface area contributed by atoms with Gasteiger partial charge in [-0.05, 0) is 13.8 Å². The van der Waals surface area contributed by atoms with Crippen LogP contribution in [0.1, 0.15) is 13.8 Å². The van der Waals surface area contributed by atoms with Crippen molar-refractivity contribution in [3.63, 3.8) is 0 Å². The number of hydrogen-bond donors (Lipinski definition) is 1. The van der Waals surface area contributed by atoms with E-state index in [9.17, 15) is 0 Å². The van der Waals surface area contributed by atoms with E-state index in [-0.39, 0.29) is 24.4 Å². The second kappa shape index (κ2) is 4.91. The minimum atomic E-state index is 0.0599. The molecule has 0 aliphatic carbocycles. The Balaban J connectivity index is 2.19. The molecule has 78 valence electrons. The van der Waals surface area contributed by atoms with Gasteiger partial charge in [-0.15, -0.1) is 0 Å². The molecule has 0 aromatic heterocycles. The molecule has 0 aromatic rings. The van der Waals surface area contributed by atoms with Gasteiger partial charge in [-0.1, -0.05) is 0 Å². The number of ether oxygens (including phenoxy) is 3. The zero-order valence-electron chi connectivity index (χ0n) is 8.53. The third kappa shape index (κ3) is 2.91. The number of rotatable bonds is 5. The predicted molar refractivity (Wildman–Crippen MR) is 49.6 cm³/mol. The van der Waals surface area contributed by atoms with Crippen molar-refractivity contribution in [2.75, 3.05) is 20.3 Å². The van der Waals surface area contributed by atoms with Crippen LogP contribution in [0, 0.1) is 0 Å². The average molecular weight is 189 g/mol. The fourth-order valence-corrected chi connectivity index (χ4v) is 1.32. The van der Waals surface area contributed by atoms with Crippen LogP contribution in [-0.2, 0) is 14.2 Å². The summed E-state index contributed by atoms with van der Waals surface area (Å²) < 4.78 is 16.0. The zero-order chi connectivity index (χ0) is 9.84. The number of hydrogen-bond acceptors (Lipinski definition) is 4. The second-order valence-electron chi connectivity index (χ2n) is 3.59. The highest BCUT2D eigenvalue weighted by atomic mass is 16.6. The van der Waals surface area contributed by atoms with Gasteiger partial charge in [-0.25, -0.2) is 0 Å². The Labute approximate surface area is 79.3 Å². The van der Waals surface area contributed by atoms with Gasteiger partial charge in [0.15, 0.2) is 0 Å². The van der Waals surface area contributed by atoms with Gasteiger partial charge in [0.05, 0.1) is 19.3 Å². The topological polar surface area (TPSA) is 53.7 Å². The van der Waals surface area contributed by atoms with Crippen molar-refractivity contribution in [2.24, 2.45) is 5.73 Å². The van der Waals surface area contributed by atoms with Gasteiger partial charge < -0.3 is 19.9 Å². The zero-order valence-corrected chi connectivity index (χ0v) is 8.53. The van der Waals surface area contributed by atoms with Crippen LogP contribution in [0.3, 0.4) is 0 Å². The van der Waals surface area contributed by atoms with Crippen LogP contribution in [0.2, 0.25) is 0 Å². The molecule has 0 radical (unpaired) electrons. The van der Waals surface area contributed by atoms with Crippen molar-refractivity contribution < 1.29 is 14.2 Å². The average Bonchev–Trinajstić information content (AvgIpc) is 2.00. The lowest BCUT2D eigenvalue weighted by Crippen LogP contribution is -2.53. The van der Waals surface area contributed by atoms with Gasteiger partial charge in [-0.2, -0.15) is 0 Å². The maximum Gasteiger partial charge on any atom is 0.112 e. The van der Waals surface area contributed by atoms with Gasteiger partial charge in [0.25, 0.3) is 0 Å². The van der Waals surface area contributed by atoms with Crippen molar-refractivity contribution in [3.8, 4) is 0 Å². The molecule has 4 nitrogen and oxygen atoms in total. The molecule has 2 N–H and O–H groups in total. The second-order valence-corrected chi connectivity index (χ2v) is 3.59. The molecule has 1 aliphatic heterocycles. The summed E-state index contributed by atoms with van der Waals surface area (Å²) in [5.74, 6) is 0. The molecule has 1 rings (SSSR count). The summed E-state index contributed by atoms with van der Waals surface area (Å²) in [6.07, 6.45) is 0.316. The van der Waals surface area contributed by atoms with Crippen LogP contribution < -0.4 is 5.73 Å². The SMILES string of the molecule is COC1COC1C(C)OCC(C)N. The number of methoxy groups -OCH3 is 1. The molecule has 1 fully saturated rings.